The van der Waals surface area contributed by atoms with Crippen molar-refractivity contribution in [2.45, 2.75) is 18.4 Å². The Hall–Kier alpha value is -3.43. The van der Waals surface area contributed by atoms with Crippen LogP contribution in [0.4, 0.5) is 11.6 Å². The molecule has 0 saturated heterocycles. The third-order valence-corrected chi connectivity index (χ3v) is 6.24. The van der Waals surface area contributed by atoms with Crippen LogP contribution in [0, 0.1) is 0 Å². The molecule has 3 aromatic heterocycles. The molecule has 0 saturated carbocycles. The number of fused-ring (bicyclic) bond motifs is 1. The van der Waals surface area contributed by atoms with Gasteiger partial charge in [0, 0.05) is 47.9 Å². The molecule has 3 heterocycles. The Balaban J connectivity index is 1.34. The molecule has 0 bridgehead atoms. The van der Waals surface area contributed by atoms with Crippen molar-refractivity contribution in [3.63, 3.8) is 0 Å². The lowest BCUT2D eigenvalue weighted by atomic mass is 10.2. The molecule has 0 aliphatic rings. The molecule has 1 aromatic carbocycles. The Bertz CT molecular complexity index is 1270. The number of Topliss-reactive ketones (excluding diaryl/α,β-unsaturated/α-hetero) is 1. The van der Waals surface area contributed by atoms with Gasteiger partial charge in [-0.2, -0.15) is 0 Å². The fraction of sp³-hybridized carbons (Fsp3) is 0.125. The van der Waals surface area contributed by atoms with Crippen LogP contribution < -0.4 is 10.0 Å². The highest BCUT2D eigenvalue weighted by molar-refractivity contribution is 8.14. The number of anilines is 2. The van der Waals surface area contributed by atoms with Crippen molar-refractivity contribution >= 4 is 57.1 Å². The summed E-state index contributed by atoms with van der Waals surface area (Å²) < 4.78 is 3.19. The summed E-state index contributed by atoms with van der Waals surface area (Å²) in [7, 11) is 0. The molecule has 2 N–H and O–H groups in total. The molecule has 0 aliphatic carbocycles. The molecule has 0 atom stereocenters. The summed E-state index contributed by atoms with van der Waals surface area (Å²) in [6, 6.07) is 17.4. The van der Waals surface area contributed by atoms with Gasteiger partial charge in [0.2, 0.25) is 0 Å². The lowest BCUT2D eigenvalue weighted by molar-refractivity contribution is -0.109. The topological polar surface area (TPSA) is 96.9 Å². The summed E-state index contributed by atoms with van der Waals surface area (Å²) >= 11 is 2.43. The van der Waals surface area contributed by atoms with Crippen LogP contribution in [0.15, 0.2) is 78.1 Å². The number of nitrogens with one attached hydrogen (secondary N) is 2. The number of hydrogen-bond donors (Lipinski definition) is 2. The Kier molecular flexibility index (Phi) is 7.54. The summed E-state index contributed by atoms with van der Waals surface area (Å²) in [6.07, 6.45) is 5.11. The van der Waals surface area contributed by atoms with E-state index in [1.807, 2.05) is 42.6 Å². The van der Waals surface area contributed by atoms with E-state index in [4.69, 9.17) is 0 Å². The van der Waals surface area contributed by atoms with Gasteiger partial charge in [-0.1, -0.05) is 17.8 Å². The van der Waals surface area contributed by atoms with E-state index in [1.165, 1.54) is 25.1 Å². The van der Waals surface area contributed by atoms with Crippen LogP contribution in [0.2, 0.25) is 0 Å². The smallest absolute Gasteiger partial charge is 0.186 e. The van der Waals surface area contributed by atoms with Crippen LogP contribution in [0.1, 0.15) is 22.8 Å². The fourth-order valence-corrected chi connectivity index (χ4v) is 4.11. The van der Waals surface area contributed by atoms with E-state index in [9.17, 15) is 9.59 Å². The first-order valence-electron chi connectivity index (χ1n) is 10.2. The maximum atomic E-state index is 12.0. The van der Waals surface area contributed by atoms with E-state index >= 15 is 0 Å². The van der Waals surface area contributed by atoms with Gasteiger partial charge in [0.05, 0.1) is 11.3 Å². The largest absolute Gasteiger partial charge is 0.366 e. The number of aromatic nitrogens is 3. The van der Waals surface area contributed by atoms with E-state index in [0.29, 0.717) is 17.9 Å². The van der Waals surface area contributed by atoms with Crippen molar-refractivity contribution in [3.8, 4) is 0 Å². The quantitative estimate of drug-likeness (QED) is 0.249. The number of benzene rings is 1. The number of carbonyl (C=O) groups excluding carboxylic acids is 2. The van der Waals surface area contributed by atoms with E-state index in [2.05, 4.69) is 31.1 Å². The van der Waals surface area contributed by atoms with Crippen molar-refractivity contribution in [2.75, 3.05) is 15.8 Å². The number of hydrogen-bond acceptors (Lipinski definition) is 9. The van der Waals surface area contributed by atoms with Gasteiger partial charge >= 0.3 is 0 Å². The molecule has 0 spiro atoms. The van der Waals surface area contributed by atoms with Crippen LogP contribution in [-0.2, 0) is 11.3 Å². The van der Waals surface area contributed by atoms with Crippen LogP contribution in [0.5, 0.6) is 0 Å². The number of pyridine rings is 3. The van der Waals surface area contributed by atoms with E-state index < -0.39 is 0 Å². The molecule has 0 radical (unpaired) electrons. The minimum Gasteiger partial charge on any atom is -0.366 e. The first kappa shape index (κ1) is 22.8. The summed E-state index contributed by atoms with van der Waals surface area (Å²) in [5, 5.41) is 4.28. The van der Waals surface area contributed by atoms with Crippen LogP contribution >= 0.6 is 23.7 Å². The van der Waals surface area contributed by atoms with Crippen molar-refractivity contribution in [1.82, 2.24) is 15.0 Å². The highest BCUT2D eigenvalue weighted by Gasteiger charge is 2.09. The molecule has 33 heavy (non-hydrogen) atoms. The number of carbonyl (C=O) groups is 2. The van der Waals surface area contributed by atoms with E-state index in [0.717, 1.165) is 38.9 Å². The van der Waals surface area contributed by atoms with Gasteiger partial charge in [-0.3, -0.25) is 14.6 Å². The Labute approximate surface area is 200 Å². The molecule has 4 aromatic rings. The lowest BCUT2D eigenvalue weighted by Gasteiger charge is -2.08. The summed E-state index contributed by atoms with van der Waals surface area (Å²) in [5.74, 6) is 1.47. The van der Waals surface area contributed by atoms with Gasteiger partial charge in [0.15, 0.2) is 10.9 Å². The second-order valence-corrected chi connectivity index (χ2v) is 9.14. The second kappa shape index (κ2) is 10.9. The molecule has 0 aliphatic heterocycles. The van der Waals surface area contributed by atoms with Gasteiger partial charge in [0.1, 0.15) is 11.6 Å². The van der Waals surface area contributed by atoms with E-state index in [-0.39, 0.29) is 16.7 Å². The van der Waals surface area contributed by atoms with Crippen molar-refractivity contribution in [3.05, 3.63) is 84.3 Å². The maximum absolute atomic E-state index is 12.0. The molecule has 0 unspecified atom stereocenters. The summed E-state index contributed by atoms with van der Waals surface area (Å²) in [5.41, 5.74) is 2.49. The van der Waals surface area contributed by atoms with Gasteiger partial charge in [-0.15, -0.1) is 0 Å². The molecule has 9 heteroatoms. The average molecular weight is 476 g/mol. The molecule has 0 fully saturated rings. The van der Waals surface area contributed by atoms with Gasteiger partial charge in [-0.05, 0) is 66.0 Å². The van der Waals surface area contributed by atoms with Crippen LogP contribution in [0.25, 0.3) is 10.9 Å². The first-order valence-corrected chi connectivity index (χ1v) is 12.0. The zero-order valence-electron chi connectivity index (χ0n) is 17.8. The second-order valence-electron chi connectivity index (χ2n) is 7.11. The summed E-state index contributed by atoms with van der Waals surface area (Å²) in [4.78, 5) is 37.2. The molecule has 0 amide bonds. The van der Waals surface area contributed by atoms with Crippen LogP contribution in [0.3, 0.4) is 0 Å². The van der Waals surface area contributed by atoms with Gasteiger partial charge in [-0.25, -0.2) is 9.97 Å². The fourth-order valence-electron chi connectivity index (χ4n) is 2.94. The highest BCUT2D eigenvalue weighted by atomic mass is 32.2. The standard InChI is InChI=1S/C24H21N5O2S2/c1-16(30)32-15-22(31)19-5-9-24(27-14-19)29-33-20-6-7-21-18(11-20)4-8-23(28-21)26-13-17-3-2-10-25-12-17/h2-12,14H,13,15H2,1H3,(H,26,28)(H,27,29). The number of nitrogens with zero attached hydrogens (tertiary/aromatic N) is 3. The normalized spacial score (nSPS) is 10.7. The average Bonchev–Trinajstić information content (AvgIpc) is 2.85. The molecule has 7 nitrogen and oxygen atoms in total. The first-order chi connectivity index (χ1) is 16.1. The minimum absolute atomic E-state index is 0.0752. The number of rotatable bonds is 9. The zero-order chi connectivity index (χ0) is 23.0. The van der Waals surface area contributed by atoms with Crippen molar-refractivity contribution < 1.29 is 9.59 Å². The molecule has 166 valence electrons. The van der Waals surface area contributed by atoms with E-state index in [1.54, 1.807) is 18.3 Å². The predicted molar refractivity (Wildman–Crippen MR) is 134 cm³/mol. The maximum Gasteiger partial charge on any atom is 0.186 e. The Morgan fingerprint density at radius 1 is 1.00 bits per heavy atom. The zero-order valence-corrected chi connectivity index (χ0v) is 19.5. The summed E-state index contributed by atoms with van der Waals surface area (Å²) in [6.45, 7) is 2.11. The monoisotopic (exact) mass is 475 g/mol. The van der Waals surface area contributed by atoms with Crippen molar-refractivity contribution in [1.29, 1.82) is 0 Å². The highest BCUT2D eigenvalue weighted by Crippen LogP contribution is 2.25. The molecular formula is C24H21N5O2S2. The number of ketones is 1. The number of thioether (sulfide) groups is 1. The molecular weight excluding hydrogens is 454 g/mol. The Morgan fingerprint density at radius 2 is 1.88 bits per heavy atom. The SMILES string of the molecule is CC(=O)SCC(=O)c1ccc(NSc2ccc3nc(NCc4cccnc4)ccc3c2)nc1. The third-order valence-electron chi connectivity index (χ3n) is 4.62. The molecule has 4 rings (SSSR count). The van der Waals surface area contributed by atoms with Crippen molar-refractivity contribution in [2.24, 2.45) is 0 Å². The van der Waals surface area contributed by atoms with Gasteiger partial charge in [0.25, 0.3) is 0 Å². The van der Waals surface area contributed by atoms with Crippen LogP contribution in [-0.4, -0.2) is 31.6 Å². The predicted octanol–water partition coefficient (Wildman–Crippen LogP) is 5.22. The van der Waals surface area contributed by atoms with Gasteiger partial charge < -0.3 is 10.0 Å². The lowest BCUT2D eigenvalue weighted by Crippen LogP contribution is -2.05. The Morgan fingerprint density at radius 3 is 2.64 bits per heavy atom. The third kappa shape index (κ3) is 6.53. The minimum atomic E-state index is -0.113.